The molecule has 0 aliphatic rings. The third kappa shape index (κ3) is 4.44. The number of aryl methyl sites for hydroxylation is 1. The number of nitrogens with one attached hydrogen (secondary N) is 1. The van der Waals surface area contributed by atoms with Crippen LogP contribution >= 0.6 is 0 Å². The van der Waals surface area contributed by atoms with Crippen LogP contribution in [0.4, 0.5) is 5.69 Å². The van der Waals surface area contributed by atoms with Crippen LogP contribution in [0.1, 0.15) is 12.5 Å². The van der Waals surface area contributed by atoms with Crippen LogP contribution in [-0.4, -0.2) is 11.7 Å². The molecule has 5 heteroatoms. The van der Waals surface area contributed by atoms with Crippen molar-refractivity contribution in [3.8, 4) is 5.75 Å². The number of ketones is 1. The van der Waals surface area contributed by atoms with Crippen LogP contribution in [0.5, 0.6) is 5.75 Å². The van der Waals surface area contributed by atoms with Gasteiger partial charge in [-0.1, -0.05) is 35.9 Å². The van der Waals surface area contributed by atoms with Gasteiger partial charge in [-0.3, -0.25) is 9.59 Å². The second-order valence-electron chi connectivity index (χ2n) is 5.03. The maximum Gasteiger partial charge on any atom is 0.264 e. The number of para-hydroxylation sites is 1. The molecule has 0 unspecified atom stereocenters. The number of hydrogen-bond donors (Lipinski definition) is 2. The van der Waals surface area contributed by atoms with E-state index in [1.54, 1.807) is 36.4 Å². The van der Waals surface area contributed by atoms with Crippen molar-refractivity contribution in [1.82, 2.24) is 0 Å². The highest BCUT2D eigenvalue weighted by molar-refractivity contribution is 6.23. The van der Waals surface area contributed by atoms with E-state index in [2.05, 4.69) is 5.32 Å². The van der Waals surface area contributed by atoms with Crippen LogP contribution in [-0.2, 0) is 9.59 Å². The Bertz CT molecular complexity index is 735. The Hall–Kier alpha value is -3.08. The third-order valence-corrected chi connectivity index (χ3v) is 3.11. The maximum atomic E-state index is 12.3. The smallest absolute Gasteiger partial charge is 0.264 e. The Balaban J connectivity index is 2.23. The Morgan fingerprint density at radius 1 is 1.00 bits per heavy atom. The molecule has 0 atom stereocenters. The van der Waals surface area contributed by atoms with Crippen LogP contribution in [0, 0.1) is 6.92 Å². The molecule has 1 amide bonds. The topological polar surface area (TPSA) is 81.4 Å². The van der Waals surface area contributed by atoms with E-state index in [0.717, 1.165) is 5.56 Å². The first kappa shape index (κ1) is 16.3. The fourth-order valence-electron chi connectivity index (χ4n) is 1.94. The Kier molecular flexibility index (Phi) is 5.15. The van der Waals surface area contributed by atoms with Crippen LogP contribution in [0.25, 0.3) is 0 Å². The average Bonchev–Trinajstić information content (AvgIpc) is 2.50. The van der Waals surface area contributed by atoms with Crippen LogP contribution in [0.3, 0.4) is 0 Å². The first-order valence-electron chi connectivity index (χ1n) is 7.09. The zero-order valence-corrected chi connectivity index (χ0v) is 13.0. The van der Waals surface area contributed by atoms with Crippen molar-refractivity contribution in [1.29, 1.82) is 0 Å². The van der Waals surface area contributed by atoms with Gasteiger partial charge in [-0.2, -0.15) is 0 Å². The number of hydrogen-bond acceptors (Lipinski definition) is 4. The molecular formula is C18H18N2O3. The lowest BCUT2D eigenvalue weighted by atomic mass is 10.1. The van der Waals surface area contributed by atoms with Crippen LogP contribution in [0.15, 0.2) is 66.1 Å². The number of nitrogens with two attached hydrogens (primary N) is 1. The van der Waals surface area contributed by atoms with Gasteiger partial charge in [0.05, 0.1) is 0 Å². The van der Waals surface area contributed by atoms with E-state index in [9.17, 15) is 9.59 Å². The lowest BCUT2D eigenvalue weighted by Gasteiger charge is -2.11. The number of carbonyl (C=O) groups is 2. The van der Waals surface area contributed by atoms with Crippen molar-refractivity contribution in [2.45, 2.75) is 13.8 Å². The van der Waals surface area contributed by atoms with Gasteiger partial charge in [0.25, 0.3) is 5.91 Å². The minimum absolute atomic E-state index is 0.213. The number of benzene rings is 2. The summed E-state index contributed by atoms with van der Waals surface area (Å²) in [6.07, 6.45) is 0. The molecule has 0 aromatic heterocycles. The predicted octanol–water partition coefficient (Wildman–Crippen LogP) is 2.77. The minimum atomic E-state index is -0.603. The van der Waals surface area contributed by atoms with Crippen molar-refractivity contribution in [2.24, 2.45) is 5.73 Å². The molecule has 0 saturated carbocycles. The Labute approximate surface area is 134 Å². The molecule has 0 fully saturated rings. The van der Waals surface area contributed by atoms with Gasteiger partial charge in [0, 0.05) is 5.69 Å². The second-order valence-corrected chi connectivity index (χ2v) is 5.03. The normalized spacial score (nSPS) is 11.4. The van der Waals surface area contributed by atoms with E-state index in [0.29, 0.717) is 11.4 Å². The summed E-state index contributed by atoms with van der Waals surface area (Å²) in [5.41, 5.74) is 7.24. The fraction of sp³-hybridized carbons (Fsp3) is 0.111. The summed E-state index contributed by atoms with van der Waals surface area (Å²) in [4.78, 5) is 24.1. The summed E-state index contributed by atoms with van der Waals surface area (Å²) in [7, 11) is 0. The molecule has 0 spiro atoms. The van der Waals surface area contributed by atoms with Gasteiger partial charge in [-0.05, 0) is 38.1 Å². The van der Waals surface area contributed by atoms with Crippen LogP contribution < -0.4 is 15.8 Å². The molecule has 3 N–H and O–H groups in total. The zero-order chi connectivity index (χ0) is 16.8. The second kappa shape index (κ2) is 7.26. The highest BCUT2D eigenvalue weighted by Crippen LogP contribution is 2.16. The molecule has 118 valence electrons. The largest absolute Gasteiger partial charge is 0.441 e. The summed E-state index contributed by atoms with van der Waals surface area (Å²) in [6.45, 7) is 3.21. The highest BCUT2D eigenvalue weighted by atomic mass is 16.5. The van der Waals surface area contributed by atoms with Gasteiger partial charge in [-0.15, -0.1) is 0 Å². The molecule has 0 bridgehead atoms. The average molecular weight is 310 g/mol. The van der Waals surface area contributed by atoms with Gasteiger partial charge < -0.3 is 15.8 Å². The molecule has 2 rings (SSSR count). The number of rotatable bonds is 5. The molecule has 0 aliphatic heterocycles. The first-order chi connectivity index (χ1) is 11.0. The molecule has 2 aromatic carbocycles. The van der Waals surface area contributed by atoms with E-state index in [1.807, 2.05) is 25.1 Å². The first-order valence-corrected chi connectivity index (χ1v) is 7.09. The molecule has 2 aromatic rings. The van der Waals surface area contributed by atoms with Crippen molar-refractivity contribution in [2.75, 3.05) is 5.32 Å². The molecule has 0 aliphatic carbocycles. The summed E-state index contributed by atoms with van der Waals surface area (Å²) in [6, 6.07) is 15.9. The third-order valence-electron chi connectivity index (χ3n) is 3.11. The SMILES string of the molecule is CC(=O)/C(C(=O)Nc1ccccc1)=C(/N)Oc1ccc(C)cc1. The monoisotopic (exact) mass is 310 g/mol. The Morgan fingerprint density at radius 3 is 2.17 bits per heavy atom. The van der Waals surface area contributed by atoms with E-state index >= 15 is 0 Å². The minimum Gasteiger partial charge on any atom is -0.441 e. The Morgan fingerprint density at radius 2 is 1.61 bits per heavy atom. The van der Waals surface area contributed by atoms with Gasteiger partial charge in [0.15, 0.2) is 5.78 Å². The number of ether oxygens (including phenoxy) is 1. The van der Waals surface area contributed by atoms with E-state index in [-0.39, 0.29) is 11.5 Å². The van der Waals surface area contributed by atoms with Crippen molar-refractivity contribution >= 4 is 17.4 Å². The van der Waals surface area contributed by atoms with Gasteiger partial charge in [0.1, 0.15) is 11.3 Å². The molecule has 23 heavy (non-hydrogen) atoms. The van der Waals surface area contributed by atoms with Crippen molar-refractivity contribution < 1.29 is 14.3 Å². The van der Waals surface area contributed by atoms with E-state index in [4.69, 9.17) is 10.5 Å². The van der Waals surface area contributed by atoms with E-state index < -0.39 is 11.7 Å². The summed E-state index contributed by atoms with van der Waals surface area (Å²) in [5, 5.41) is 2.62. The van der Waals surface area contributed by atoms with E-state index in [1.165, 1.54) is 6.92 Å². The summed E-state index contributed by atoms with van der Waals surface area (Å²) in [5.74, 6) is -0.842. The lowest BCUT2D eigenvalue weighted by Crippen LogP contribution is -2.25. The quantitative estimate of drug-likeness (QED) is 0.385. The van der Waals surface area contributed by atoms with Gasteiger partial charge in [0.2, 0.25) is 5.88 Å². The van der Waals surface area contributed by atoms with Gasteiger partial charge >= 0.3 is 0 Å². The van der Waals surface area contributed by atoms with Crippen molar-refractivity contribution in [3.05, 3.63) is 71.6 Å². The molecule has 5 nitrogen and oxygen atoms in total. The standard InChI is InChI=1S/C18H18N2O3/c1-12-8-10-15(11-9-12)23-17(19)16(13(2)21)18(22)20-14-6-4-3-5-7-14/h3-11H,19H2,1-2H3,(H,20,22)/b17-16+. The zero-order valence-electron chi connectivity index (χ0n) is 13.0. The number of amides is 1. The van der Waals surface area contributed by atoms with Gasteiger partial charge in [-0.25, -0.2) is 0 Å². The maximum absolute atomic E-state index is 12.3. The number of anilines is 1. The summed E-state index contributed by atoms with van der Waals surface area (Å²) < 4.78 is 5.43. The predicted molar refractivity (Wildman–Crippen MR) is 88.8 cm³/mol. The van der Waals surface area contributed by atoms with Crippen LogP contribution in [0.2, 0.25) is 0 Å². The fourth-order valence-corrected chi connectivity index (χ4v) is 1.94. The molecule has 0 heterocycles. The lowest BCUT2D eigenvalue weighted by molar-refractivity contribution is -0.119. The molecule has 0 radical (unpaired) electrons. The number of carbonyl (C=O) groups excluding carboxylic acids is 2. The summed E-state index contributed by atoms with van der Waals surface area (Å²) >= 11 is 0. The highest BCUT2D eigenvalue weighted by Gasteiger charge is 2.20. The molecule has 0 saturated heterocycles. The number of Topliss-reactive ketones (excluding diaryl/α,β-unsaturated/α-hetero) is 1. The van der Waals surface area contributed by atoms with Crippen molar-refractivity contribution in [3.63, 3.8) is 0 Å². The molecular weight excluding hydrogens is 292 g/mol.